The molecular weight excluding hydrogens is 280 g/mol. The molecule has 21 heavy (non-hydrogen) atoms. The molecule has 1 amide bonds. The third-order valence-corrected chi connectivity index (χ3v) is 3.20. The van der Waals surface area contributed by atoms with Crippen molar-refractivity contribution in [2.75, 3.05) is 30.7 Å². The van der Waals surface area contributed by atoms with E-state index in [0.717, 1.165) is 12.6 Å². The maximum Gasteiger partial charge on any atom is 0.329 e. The molecule has 4 N–H and O–H groups in total. The van der Waals surface area contributed by atoms with Crippen molar-refractivity contribution in [3.05, 3.63) is 16.3 Å². The molecule has 10 nitrogen and oxygen atoms in total. The quantitative estimate of drug-likeness (QED) is 0.480. The molecule has 1 atom stereocenters. The van der Waals surface area contributed by atoms with Crippen LogP contribution in [0.3, 0.4) is 0 Å². The third kappa shape index (κ3) is 3.34. The number of nitrogens with two attached hydrogens (primary N) is 1. The number of nitrogen functional groups attached to an aromatic ring is 1. The number of carbonyl (C=O) groups excluding carboxylic acids is 1. The number of likely N-dealkylation sites (tertiary alicyclic amines) is 1. The van der Waals surface area contributed by atoms with Crippen molar-refractivity contribution in [3.8, 4) is 0 Å². The number of aliphatic hydroxyl groups excluding tert-OH is 1. The molecule has 0 spiro atoms. The first kappa shape index (κ1) is 14.9. The van der Waals surface area contributed by atoms with Crippen LogP contribution in [0, 0.1) is 10.1 Å². The molecule has 2 rings (SSSR count). The molecule has 1 saturated heterocycles. The highest BCUT2D eigenvalue weighted by molar-refractivity contribution is 5.85. The molecule has 1 fully saturated rings. The SMILES string of the molecule is Nc1nc(N[C@H]2CCCN(CCO)C2=O)ncc1[N+](=O)[O-]. The highest BCUT2D eigenvalue weighted by Crippen LogP contribution is 2.20. The number of rotatable bonds is 5. The van der Waals surface area contributed by atoms with Crippen LogP contribution in [0.4, 0.5) is 17.5 Å². The number of hydrogen-bond donors (Lipinski definition) is 3. The Bertz CT molecular complexity index is 550. The fourth-order valence-electron chi connectivity index (χ4n) is 2.17. The first-order valence-corrected chi connectivity index (χ1v) is 6.46. The third-order valence-electron chi connectivity index (χ3n) is 3.20. The number of nitro groups is 1. The Labute approximate surface area is 120 Å². The number of amides is 1. The van der Waals surface area contributed by atoms with E-state index in [0.29, 0.717) is 13.0 Å². The molecule has 0 unspecified atom stereocenters. The average Bonchev–Trinajstić information content (AvgIpc) is 2.43. The van der Waals surface area contributed by atoms with Crippen molar-refractivity contribution in [2.45, 2.75) is 18.9 Å². The molecule has 114 valence electrons. The van der Waals surface area contributed by atoms with Crippen LogP contribution in [-0.4, -0.2) is 56.5 Å². The predicted octanol–water partition coefficient (Wildman–Crippen LogP) is -0.638. The Morgan fingerprint density at radius 3 is 3.00 bits per heavy atom. The first-order chi connectivity index (χ1) is 10.0. The highest BCUT2D eigenvalue weighted by atomic mass is 16.6. The molecule has 0 saturated carbocycles. The lowest BCUT2D eigenvalue weighted by atomic mass is 10.1. The summed E-state index contributed by atoms with van der Waals surface area (Å²) in [4.78, 5) is 31.2. The zero-order valence-corrected chi connectivity index (χ0v) is 11.2. The fourth-order valence-corrected chi connectivity index (χ4v) is 2.17. The fraction of sp³-hybridized carbons (Fsp3) is 0.545. The van der Waals surface area contributed by atoms with Gasteiger partial charge in [-0.05, 0) is 12.8 Å². The predicted molar refractivity (Wildman–Crippen MR) is 73.4 cm³/mol. The number of aliphatic hydroxyl groups is 1. The minimum absolute atomic E-state index is 0.0716. The van der Waals surface area contributed by atoms with Crippen molar-refractivity contribution in [1.29, 1.82) is 0 Å². The van der Waals surface area contributed by atoms with Crippen LogP contribution >= 0.6 is 0 Å². The van der Waals surface area contributed by atoms with Crippen molar-refractivity contribution in [2.24, 2.45) is 0 Å². The normalized spacial score (nSPS) is 18.6. The zero-order valence-electron chi connectivity index (χ0n) is 11.2. The Kier molecular flexibility index (Phi) is 4.48. The minimum atomic E-state index is -0.673. The molecule has 0 bridgehead atoms. The molecule has 10 heteroatoms. The first-order valence-electron chi connectivity index (χ1n) is 6.46. The van der Waals surface area contributed by atoms with Crippen LogP contribution in [0.25, 0.3) is 0 Å². The summed E-state index contributed by atoms with van der Waals surface area (Å²) in [6.07, 6.45) is 2.39. The largest absolute Gasteiger partial charge is 0.395 e. The standard InChI is InChI=1S/C11H16N6O4/c12-9-8(17(20)21)6-13-11(15-9)14-7-2-1-3-16(4-5-18)10(7)19/h6-7,18H,1-5H2,(H3,12,13,14,15)/t7-/m0/s1. The van der Waals surface area contributed by atoms with E-state index < -0.39 is 11.0 Å². The van der Waals surface area contributed by atoms with Crippen molar-refractivity contribution >= 4 is 23.4 Å². The second-order valence-corrected chi connectivity index (χ2v) is 4.61. The summed E-state index contributed by atoms with van der Waals surface area (Å²) in [5, 5.41) is 22.4. The number of aromatic nitrogens is 2. The summed E-state index contributed by atoms with van der Waals surface area (Å²) in [6, 6.07) is -0.522. The minimum Gasteiger partial charge on any atom is -0.395 e. The summed E-state index contributed by atoms with van der Waals surface area (Å²) in [5.41, 5.74) is 5.10. The molecule has 2 heterocycles. The Morgan fingerprint density at radius 2 is 2.38 bits per heavy atom. The highest BCUT2D eigenvalue weighted by Gasteiger charge is 2.29. The van der Waals surface area contributed by atoms with Gasteiger partial charge in [-0.3, -0.25) is 14.9 Å². The molecule has 1 aromatic heterocycles. The molecule has 1 aliphatic rings. The van der Waals surface area contributed by atoms with E-state index in [4.69, 9.17) is 10.8 Å². The van der Waals surface area contributed by atoms with E-state index in [-0.39, 0.29) is 36.5 Å². The maximum absolute atomic E-state index is 12.1. The number of β-amino-alcohol motifs (C(OH)–C–C–N with tert-alkyl or cyclic N) is 1. The van der Waals surface area contributed by atoms with Crippen molar-refractivity contribution < 1.29 is 14.8 Å². The lowest BCUT2D eigenvalue weighted by molar-refractivity contribution is -0.384. The summed E-state index contributed by atoms with van der Waals surface area (Å²) in [5.74, 6) is -0.342. The second-order valence-electron chi connectivity index (χ2n) is 4.61. The summed E-state index contributed by atoms with van der Waals surface area (Å²) in [7, 11) is 0. The van der Waals surface area contributed by atoms with Crippen LogP contribution in [-0.2, 0) is 4.79 Å². The van der Waals surface area contributed by atoms with Gasteiger partial charge in [0, 0.05) is 13.1 Å². The lowest BCUT2D eigenvalue weighted by Gasteiger charge is -2.32. The topological polar surface area (TPSA) is 148 Å². The number of nitrogens with one attached hydrogen (secondary N) is 1. The van der Waals surface area contributed by atoms with Crippen LogP contribution in [0.5, 0.6) is 0 Å². The van der Waals surface area contributed by atoms with E-state index in [9.17, 15) is 14.9 Å². The average molecular weight is 296 g/mol. The molecule has 0 aromatic carbocycles. The molecule has 0 radical (unpaired) electrons. The number of anilines is 2. The van der Waals surface area contributed by atoms with Crippen LogP contribution < -0.4 is 11.1 Å². The van der Waals surface area contributed by atoms with Gasteiger partial charge in [0.15, 0.2) is 0 Å². The number of piperidine rings is 1. The van der Waals surface area contributed by atoms with Crippen LogP contribution in [0.2, 0.25) is 0 Å². The molecule has 0 aliphatic carbocycles. The van der Waals surface area contributed by atoms with Gasteiger partial charge in [-0.25, -0.2) is 4.98 Å². The van der Waals surface area contributed by atoms with Crippen LogP contribution in [0.1, 0.15) is 12.8 Å². The zero-order chi connectivity index (χ0) is 15.4. The van der Waals surface area contributed by atoms with E-state index in [1.165, 1.54) is 0 Å². The van der Waals surface area contributed by atoms with Gasteiger partial charge in [-0.2, -0.15) is 4.98 Å². The van der Waals surface area contributed by atoms with Gasteiger partial charge in [-0.1, -0.05) is 0 Å². The van der Waals surface area contributed by atoms with E-state index in [1.54, 1.807) is 4.90 Å². The van der Waals surface area contributed by atoms with Crippen molar-refractivity contribution in [3.63, 3.8) is 0 Å². The number of carbonyl (C=O) groups is 1. The van der Waals surface area contributed by atoms with Gasteiger partial charge >= 0.3 is 5.69 Å². The number of nitrogens with zero attached hydrogens (tertiary/aromatic N) is 4. The molecular formula is C11H16N6O4. The lowest BCUT2D eigenvalue weighted by Crippen LogP contribution is -2.48. The maximum atomic E-state index is 12.1. The van der Waals surface area contributed by atoms with Crippen molar-refractivity contribution in [1.82, 2.24) is 14.9 Å². The number of hydrogen-bond acceptors (Lipinski definition) is 8. The van der Waals surface area contributed by atoms with E-state index >= 15 is 0 Å². The summed E-state index contributed by atoms with van der Waals surface area (Å²) < 4.78 is 0. The molecule has 1 aliphatic heterocycles. The van der Waals surface area contributed by atoms with Crippen LogP contribution in [0.15, 0.2) is 6.20 Å². The van der Waals surface area contributed by atoms with E-state index in [2.05, 4.69) is 15.3 Å². The van der Waals surface area contributed by atoms with Gasteiger partial charge in [0.25, 0.3) is 0 Å². The summed E-state index contributed by atoms with van der Waals surface area (Å²) >= 11 is 0. The van der Waals surface area contributed by atoms with E-state index in [1.807, 2.05) is 0 Å². The Balaban J connectivity index is 2.09. The summed E-state index contributed by atoms with van der Waals surface area (Å²) in [6.45, 7) is 0.778. The Hall–Kier alpha value is -2.49. The van der Waals surface area contributed by atoms with Gasteiger partial charge in [0.1, 0.15) is 12.2 Å². The molecule has 1 aromatic rings. The van der Waals surface area contributed by atoms with Gasteiger partial charge < -0.3 is 21.1 Å². The van der Waals surface area contributed by atoms with Gasteiger partial charge in [0.05, 0.1) is 11.5 Å². The smallest absolute Gasteiger partial charge is 0.329 e. The van der Waals surface area contributed by atoms with Gasteiger partial charge in [-0.15, -0.1) is 0 Å². The van der Waals surface area contributed by atoms with Gasteiger partial charge in [0.2, 0.25) is 17.7 Å². The Morgan fingerprint density at radius 1 is 1.62 bits per heavy atom. The monoisotopic (exact) mass is 296 g/mol. The second kappa shape index (κ2) is 6.31.